The van der Waals surface area contributed by atoms with Crippen molar-refractivity contribution in [1.82, 2.24) is 15.0 Å². The number of ether oxygens (including phenoxy) is 1. The first kappa shape index (κ1) is 9.76. The van der Waals surface area contributed by atoms with Crippen LogP contribution in [0, 0.1) is 0 Å². The first-order valence-corrected chi connectivity index (χ1v) is 5.21. The lowest BCUT2D eigenvalue weighted by Gasteiger charge is -2.02. The normalized spacial score (nSPS) is 13.4. The van der Waals surface area contributed by atoms with Crippen LogP contribution in [0.2, 0.25) is 5.15 Å². The number of thiazole rings is 1. The summed E-state index contributed by atoms with van der Waals surface area (Å²) in [7, 11) is 1.64. The molecule has 0 saturated heterocycles. The molecule has 0 amide bonds. The number of aromatic nitrogens is 3. The summed E-state index contributed by atoms with van der Waals surface area (Å²) >= 11 is 7.34. The topological polar surface area (TPSA) is 47.9 Å². The minimum Gasteiger partial charge on any atom is -0.375 e. The van der Waals surface area contributed by atoms with Gasteiger partial charge in [0.1, 0.15) is 27.8 Å². The Balaban J connectivity index is 2.56. The van der Waals surface area contributed by atoms with Crippen molar-refractivity contribution < 1.29 is 4.74 Å². The molecule has 74 valence electrons. The Kier molecular flexibility index (Phi) is 2.62. The van der Waals surface area contributed by atoms with Crippen molar-refractivity contribution >= 4 is 33.3 Å². The SMILES string of the molecule is COC(C)c1nc2c(Cl)ncnc2s1. The molecule has 2 heterocycles. The van der Waals surface area contributed by atoms with Gasteiger partial charge < -0.3 is 4.74 Å². The minimum absolute atomic E-state index is 0.0368. The second kappa shape index (κ2) is 3.76. The number of hydrogen-bond donors (Lipinski definition) is 0. The first-order valence-electron chi connectivity index (χ1n) is 4.02. The van der Waals surface area contributed by atoms with Crippen LogP contribution in [0.5, 0.6) is 0 Å². The van der Waals surface area contributed by atoms with Crippen LogP contribution in [0.1, 0.15) is 18.0 Å². The number of methoxy groups -OCH3 is 1. The standard InChI is InChI=1S/C8H8ClN3OS/c1-4(13-2)7-12-5-6(9)10-3-11-8(5)14-7/h3-4H,1-2H3. The van der Waals surface area contributed by atoms with E-state index in [-0.39, 0.29) is 6.10 Å². The maximum Gasteiger partial charge on any atom is 0.159 e. The van der Waals surface area contributed by atoms with Crippen molar-refractivity contribution in [3.63, 3.8) is 0 Å². The smallest absolute Gasteiger partial charge is 0.159 e. The van der Waals surface area contributed by atoms with E-state index in [2.05, 4.69) is 15.0 Å². The van der Waals surface area contributed by atoms with E-state index in [0.29, 0.717) is 10.7 Å². The lowest BCUT2D eigenvalue weighted by Crippen LogP contribution is -1.93. The van der Waals surface area contributed by atoms with Crippen molar-refractivity contribution in [3.8, 4) is 0 Å². The number of halogens is 1. The third-order valence-corrected chi connectivity index (χ3v) is 3.27. The molecule has 2 rings (SSSR count). The van der Waals surface area contributed by atoms with E-state index in [4.69, 9.17) is 16.3 Å². The zero-order chi connectivity index (χ0) is 10.1. The number of fused-ring (bicyclic) bond motifs is 1. The molecular weight excluding hydrogens is 222 g/mol. The average Bonchev–Trinajstić information content (AvgIpc) is 2.62. The van der Waals surface area contributed by atoms with E-state index >= 15 is 0 Å². The highest BCUT2D eigenvalue weighted by Gasteiger charge is 2.13. The summed E-state index contributed by atoms with van der Waals surface area (Å²) in [6, 6.07) is 0. The van der Waals surface area contributed by atoms with Gasteiger partial charge in [0.15, 0.2) is 5.15 Å². The highest BCUT2D eigenvalue weighted by Crippen LogP contribution is 2.28. The quantitative estimate of drug-likeness (QED) is 0.743. The Bertz CT molecular complexity index is 459. The van der Waals surface area contributed by atoms with Crippen LogP contribution in [0.3, 0.4) is 0 Å². The Morgan fingerprint density at radius 3 is 2.93 bits per heavy atom. The van der Waals surface area contributed by atoms with E-state index in [1.807, 2.05) is 6.92 Å². The van der Waals surface area contributed by atoms with Gasteiger partial charge in [-0.1, -0.05) is 22.9 Å². The van der Waals surface area contributed by atoms with E-state index in [1.54, 1.807) is 7.11 Å². The molecule has 14 heavy (non-hydrogen) atoms. The van der Waals surface area contributed by atoms with Gasteiger partial charge in [-0.05, 0) is 6.92 Å². The van der Waals surface area contributed by atoms with Gasteiger partial charge in [0.25, 0.3) is 0 Å². The van der Waals surface area contributed by atoms with Crippen LogP contribution in [0.4, 0.5) is 0 Å². The summed E-state index contributed by atoms with van der Waals surface area (Å²) in [5.74, 6) is 0. The van der Waals surface area contributed by atoms with Crippen LogP contribution >= 0.6 is 22.9 Å². The van der Waals surface area contributed by atoms with Gasteiger partial charge >= 0.3 is 0 Å². The van der Waals surface area contributed by atoms with Gasteiger partial charge in [-0.2, -0.15) is 0 Å². The summed E-state index contributed by atoms with van der Waals surface area (Å²) in [5.41, 5.74) is 0.651. The summed E-state index contributed by atoms with van der Waals surface area (Å²) in [5, 5.41) is 1.26. The van der Waals surface area contributed by atoms with Crippen molar-refractivity contribution in [3.05, 3.63) is 16.5 Å². The van der Waals surface area contributed by atoms with Crippen LogP contribution in [0.15, 0.2) is 6.33 Å². The van der Waals surface area contributed by atoms with Gasteiger partial charge in [0.2, 0.25) is 0 Å². The summed E-state index contributed by atoms with van der Waals surface area (Å²) in [6.07, 6.45) is 1.40. The lowest BCUT2D eigenvalue weighted by molar-refractivity contribution is 0.119. The zero-order valence-electron chi connectivity index (χ0n) is 7.69. The van der Waals surface area contributed by atoms with E-state index in [0.717, 1.165) is 9.84 Å². The maximum absolute atomic E-state index is 5.87. The molecule has 0 saturated carbocycles. The molecule has 0 radical (unpaired) electrons. The summed E-state index contributed by atoms with van der Waals surface area (Å²) in [4.78, 5) is 13.1. The molecule has 0 aromatic carbocycles. The van der Waals surface area contributed by atoms with Crippen LogP contribution in [-0.4, -0.2) is 22.1 Å². The second-order valence-corrected chi connectivity index (χ2v) is 4.12. The molecule has 2 aromatic heterocycles. The van der Waals surface area contributed by atoms with Crippen molar-refractivity contribution in [2.75, 3.05) is 7.11 Å². The van der Waals surface area contributed by atoms with Crippen molar-refractivity contribution in [1.29, 1.82) is 0 Å². The van der Waals surface area contributed by atoms with Crippen LogP contribution in [-0.2, 0) is 4.74 Å². The molecule has 4 nitrogen and oxygen atoms in total. The van der Waals surface area contributed by atoms with Crippen LogP contribution in [0.25, 0.3) is 10.3 Å². The molecule has 0 fully saturated rings. The van der Waals surface area contributed by atoms with Crippen molar-refractivity contribution in [2.45, 2.75) is 13.0 Å². The fraction of sp³-hybridized carbons (Fsp3) is 0.375. The molecule has 0 N–H and O–H groups in total. The van der Waals surface area contributed by atoms with Gasteiger partial charge in [-0.15, -0.1) is 0 Å². The van der Waals surface area contributed by atoms with E-state index < -0.39 is 0 Å². The van der Waals surface area contributed by atoms with Gasteiger partial charge in [-0.25, -0.2) is 15.0 Å². The van der Waals surface area contributed by atoms with Crippen LogP contribution < -0.4 is 0 Å². The van der Waals surface area contributed by atoms with E-state index in [9.17, 15) is 0 Å². The fourth-order valence-electron chi connectivity index (χ4n) is 1.02. The van der Waals surface area contributed by atoms with E-state index in [1.165, 1.54) is 17.7 Å². The molecule has 0 spiro atoms. The van der Waals surface area contributed by atoms with Gasteiger partial charge in [0.05, 0.1) is 0 Å². The highest BCUT2D eigenvalue weighted by molar-refractivity contribution is 7.18. The number of rotatable bonds is 2. The minimum atomic E-state index is -0.0368. The second-order valence-electron chi connectivity index (χ2n) is 2.75. The fourth-order valence-corrected chi connectivity index (χ4v) is 2.19. The van der Waals surface area contributed by atoms with Crippen molar-refractivity contribution in [2.24, 2.45) is 0 Å². The molecule has 6 heteroatoms. The summed E-state index contributed by atoms with van der Waals surface area (Å²) in [6.45, 7) is 1.93. The number of nitrogens with zero attached hydrogens (tertiary/aromatic N) is 3. The molecule has 0 bridgehead atoms. The average molecular weight is 230 g/mol. The molecule has 0 aliphatic heterocycles. The number of hydrogen-bond acceptors (Lipinski definition) is 5. The molecule has 2 aromatic rings. The predicted molar refractivity (Wildman–Crippen MR) is 55.6 cm³/mol. The Hall–Kier alpha value is -0.780. The maximum atomic E-state index is 5.87. The Morgan fingerprint density at radius 1 is 1.50 bits per heavy atom. The molecule has 1 atom stereocenters. The Morgan fingerprint density at radius 2 is 2.29 bits per heavy atom. The predicted octanol–water partition coefficient (Wildman–Crippen LogP) is 2.45. The zero-order valence-corrected chi connectivity index (χ0v) is 9.26. The first-order chi connectivity index (χ1) is 6.72. The van der Waals surface area contributed by atoms with Gasteiger partial charge in [0, 0.05) is 7.11 Å². The monoisotopic (exact) mass is 229 g/mol. The third kappa shape index (κ3) is 1.58. The highest BCUT2D eigenvalue weighted by atomic mass is 35.5. The van der Waals surface area contributed by atoms with Gasteiger partial charge in [-0.3, -0.25) is 0 Å². The Labute approximate surface area is 89.9 Å². The largest absolute Gasteiger partial charge is 0.375 e. The molecule has 0 aliphatic carbocycles. The summed E-state index contributed by atoms with van der Waals surface area (Å²) < 4.78 is 5.16. The molecular formula is C8H8ClN3OS. The third-order valence-electron chi connectivity index (χ3n) is 1.87. The lowest BCUT2D eigenvalue weighted by atomic mass is 10.4. The molecule has 1 unspecified atom stereocenters. The molecule has 0 aliphatic rings.